The first-order chi connectivity index (χ1) is 12.5. The number of nitrogens with zero attached hydrogens (tertiary/aromatic N) is 1. The average Bonchev–Trinajstić information content (AvgIpc) is 2.60. The van der Waals surface area contributed by atoms with Crippen LogP contribution in [0.4, 0.5) is 0 Å². The van der Waals surface area contributed by atoms with Crippen LogP contribution >= 0.6 is 23.2 Å². The Hall–Kier alpha value is -1.77. The van der Waals surface area contributed by atoms with E-state index in [4.69, 9.17) is 27.9 Å². The molecule has 0 aromatic heterocycles. The molecular weight excluding hydrogens is 365 g/mol. The molecule has 0 atom stereocenters. The minimum absolute atomic E-state index is 0.637. The summed E-state index contributed by atoms with van der Waals surface area (Å²) in [6, 6.07) is 11.8. The first-order valence-corrected chi connectivity index (χ1v) is 9.72. The van der Waals surface area contributed by atoms with Gasteiger partial charge in [-0.2, -0.15) is 0 Å². The molecule has 0 unspecified atom stereocenters. The van der Waals surface area contributed by atoms with Gasteiger partial charge in [0.1, 0.15) is 5.75 Å². The molecule has 0 radical (unpaired) electrons. The lowest BCUT2D eigenvalue weighted by Gasteiger charge is -2.17. The number of allylic oxidation sites excluding steroid dienone is 1. The van der Waals surface area contributed by atoms with Crippen LogP contribution in [0.2, 0.25) is 10.0 Å². The Morgan fingerprint density at radius 2 is 1.96 bits per heavy atom. The first-order valence-electron chi connectivity index (χ1n) is 8.96. The summed E-state index contributed by atoms with van der Waals surface area (Å²) in [5.41, 5.74) is 4.35. The second-order valence-electron chi connectivity index (χ2n) is 6.87. The summed E-state index contributed by atoms with van der Waals surface area (Å²) in [6.45, 7) is 5.96. The maximum Gasteiger partial charge on any atom is 0.119 e. The Balaban J connectivity index is 1.75. The van der Waals surface area contributed by atoms with Gasteiger partial charge in [-0.25, -0.2) is 0 Å². The molecule has 26 heavy (non-hydrogen) atoms. The van der Waals surface area contributed by atoms with Crippen molar-refractivity contribution in [3.8, 4) is 5.75 Å². The highest BCUT2D eigenvalue weighted by Crippen LogP contribution is 2.25. The number of halogens is 2. The largest absolute Gasteiger partial charge is 0.494 e. The number of rotatable bonds is 6. The van der Waals surface area contributed by atoms with Crippen molar-refractivity contribution in [1.29, 1.82) is 0 Å². The van der Waals surface area contributed by atoms with Gasteiger partial charge in [0.15, 0.2) is 0 Å². The van der Waals surface area contributed by atoms with Gasteiger partial charge in [0.2, 0.25) is 0 Å². The summed E-state index contributed by atoms with van der Waals surface area (Å²) in [5, 5.41) is 1.27. The molecule has 0 aliphatic carbocycles. The van der Waals surface area contributed by atoms with E-state index in [1.807, 2.05) is 30.4 Å². The zero-order valence-electron chi connectivity index (χ0n) is 15.1. The van der Waals surface area contributed by atoms with E-state index in [0.29, 0.717) is 16.0 Å². The molecular formula is C22H23Cl2NO. The van der Waals surface area contributed by atoms with Crippen LogP contribution in [0.15, 0.2) is 47.5 Å². The Morgan fingerprint density at radius 1 is 1.12 bits per heavy atom. The van der Waals surface area contributed by atoms with Crippen LogP contribution in [-0.4, -0.2) is 18.9 Å². The molecule has 0 amide bonds. The van der Waals surface area contributed by atoms with Crippen LogP contribution in [0, 0.1) is 5.92 Å². The highest BCUT2D eigenvalue weighted by Gasteiger charge is 2.13. The fraction of sp³-hybridized carbons (Fsp3) is 0.318. The zero-order valence-corrected chi connectivity index (χ0v) is 16.6. The highest BCUT2D eigenvalue weighted by atomic mass is 35.5. The van der Waals surface area contributed by atoms with E-state index < -0.39 is 0 Å². The van der Waals surface area contributed by atoms with Gasteiger partial charge in [-0.1, -0.05) is 49.2 Å². The number of aliphatic imine (C=N–C) groups is 1. The van der Waals surface area contributed by atoms with Gasteiger partial charge in [0.25, 0.3) is 0 Å². The SMILES string of the molecule is CC(C)CCOc1ccc2c(c1)CCN=C2/C=C/c1ccc(Cl)cc1Cl. The molecule has 2 nitrogen and oxygen atoms in total. The number of fused-ring (bicyclic) bond motifs is 1. The fourth-order valence-electron chi connectivity index (χ4n) is 2.86. The minimum Gasteiger partial charge on any atom is -0.494 e. The Morgan fingerprint density at radius 3 is 2.73 bits per heavy atom. The van der Waals surface area contributed by atoms with E-state index in [-0.39, 0.29) is 0 Å². The second-order valence-corrected chi connectivity index (χ2v) is 7.71. The Labute approximate surface area is 165 Å². The lowest BCUT2D eigenvalue weighted by Crippen LogP contribution is -2.11. The number of hydrogen-bond donors (Lipinski definition) is 0. The molecule has 2 aromatic carbocycles. The van der Waals surface area contributed by atoms with Crippen LogP contribution in [-0.2, 0) is 6.42 Å². The predicted molar refractivity (Wildman–Crippen MR) is 112 cm³/mol. The van der Waals surface area contributed by atoms with E-state index in [9.17, 15) is 0 Å². The van der Waals surface area contributed by atoms with Crippen LogP contribution < -0.4 is 4.74 Å². The molecule has 0 fully saturated rings. The number of ether oxygens (including phenoxy) is 1. The van der Waals surface area contributed by atoms with Gasteiger partial charge >= 0.3 is 0 Å². The van der Waals surface area contributed by atoms with Gasteiger partial charge in [-0.05, 0) is 66.3 Å². The minimum atomic E-state index is 0.637. The molecule has 0 N–H and O–H groups in total. The van der Waals surface area contributed by atoms with Gasteiger partial charge in [-0.15, -0.1) is 0 Å². The normalized spacial score (nSPS) is 13.8. The van der Waals surface area contributed by atoms with Gasteiger partial charge in [-0.3, -0.25) is 4.99 Å². The van der Waals surface area contributed by atoms with E-state index in [0.717, 1.165) is 48.6 Å². The highest BCUT2D eigenvalue weighted by molar-refractivity contribution is 6.35. The fourth-order valence-corrected chi connectivity index (χ4v) is 3.33. The Bertz CT molecular complexity index is 840. The van der Waals surface area contributed by atoms with Crippen molar-refractivity contribution in [3.05, 3.63) is 69.2 Å². The van der Waals surface area contributed by atoms with Gasteiger partial charge < -0.3 is 4.74 Å². The van der Waals surface area contributed by atoms with Crippen LogP contribution in [0.25, 0.3) is 6.08 Å². The van der Waals surface area contributed by atoms with E-state index in [1.54, 1.807) is 6.07 Å². The summed E-state index contributed by atoms with van der Waals surface area (Å²) in [5.74, 6) is 1.59. The molecule has 3 rings (SSSR count). The third kappa shape index (κ3) is 4.90. The molecule has 1 aliphatic heterocycles. The van der Waals surface area contributed by atoms with Crippen molar-refractivity contribution in [2.75, 3.05) is 13.2 Å². The van der Waals surface area contributed by atoms with Crippen LogP contribution in [0.3, 0.4) is 0 Å². The third-order valence-electron chi connectivity index (χ3n) is 4.36. The van der Waals surface area contributed by atoms with E-state index in [1.165, 1.54) is 5.56 Å². The predicted octanol–water partition coefficient (Wildman–Crippen LogP) is 6.48. The molecule has 0 saturated carbocycles. The van der Waals surface area contributed by atoms with Crippen molar-refractivity contribution in [2.24, 2.45) is 10.9 Å². The third-order valence-corrected chi connectivity index (χ3v) is 4.93. The smallest absolute Gasteiger partial charge is 0.119 e. The molecule has 0 saturated heterocycles. The molecule has 2 aromatic rings. The summed E-state index contributed by atoms with van der Waals surface area (Å²) < 4.78 is 5.89. The summed E-state index contributed by atoms with van der Waals surface area (Å²) >= 11 is 12.2. The van der Waals surface area contributed by atoms with Crippen molar-refractivity contribution < 1.29 is 4.74 Å². The summed E-state index contributed by atoms with van der Waals surface area (Å²) in [6.07, 6.45) is 6.01. The maximum atomic E-state index is 6.25. The van der Waals surface area contributed by atoms with Crippen molar-refractivity contribution in [3.63, 3.8) is 0 Å². The summed E-state index contributed by atoms with van der Waals surface area (Å²) in [4.78, 5) is 4.67. The van der Waals surface area contributed by atoms with E-state index >= 15 is 0 Å². The topological polar surface area (TPSA) is 21.6 Å². The van der Waals surface area contributed by atoms with Crippen LogP contribution in [0.1, 0.15) is 37.0 Å². The standard InChI is InChI=1S/C22H23Cl2NO/c1-15(2)10-12-26-19-6-7-20-17(13-19)9-11-25-22(20)8-4-16-3-5-18(23)14-21(16)24/h3-8,13-15H,9-12H2,1-2H3/b8-4+. The van der Waals surface area contributed by atoms with E-state index in [2.05, 4.69) is 31.0 Å². The lowest BCUT2D eigenvalue weighted by molar-refractivity contribution is 0.289. The van der Waals surface area contributed by atoms with Crippen molar-refractivity contribution in [1.82, 2.24) is 0 Å². The Kier molecular flexibility index (Phi) is 6.39. The maximum absolute atomic E-state index is 6.25. The number of hydrogen-bond acceptors (Lipinski definition) is 2. The van der Waals surface area contributed by atoms with Crippen molar-refractivity contribution in [2.45, 2.75) is 26.7 Å². The van der Waals surface area contributed by atoms with Gasteiger partial charge in [0.05, 0.1) is 12.3 Å². The quantitative estimate of drug-likeness (QED) is 0.555. The number of benzene rings is 2. The van der Waals surface area contributed by atoms with Gasteiger partial charge in [0, 0.05) is 22.2 Å². The second kappa shape index (κ2) is 8.75. The molecule has 1 aliphatic rings. The first kappa shape index (κ1) is 19.0. The van der Waals surface area contributed by atoms with Crippen LogP contribution in [0.5, 0.6) is 5.75 Å². The molecule has 136 valence electrons. The average molecular weight is 388 g/mol. The zero-order chi connectivity index (χ0) is 18.5. The lowest BCUT2D eigenvalue weighted by atomic mass is 9.96. The molecule has 0 spiro atoms. The van der Waals surface area contributed by atoms with Crippen molar-refractivity contribution >= 4 is 35.0 Å². The molecule has 4 heteroatoms. The summed E-state index contributed by atoms with van der Waals surface area (Å²) in [7, 11) is 0. The molecule has 1 heterocycles. The monoisotopic (exact) mass is 387 g/mol. The molecule has 0 bridgehead atoms.